The number of carbonyl (C=O) groups excluding carboxylic acids is 3. The Bertz CT molecular complexity index is 1170. The van der Waals surface area contributed by atoms with Crippen molar-refractivity contribution in [3.05, 3.63) is 83.7 Å². The van der Waals surface area contributed by atoms with Crippen LogP contribution in [0.25, 0.3) is 0 Å². The molecule has 10 nitrogen and oxygen atoms in total. The summed E-state index contributed by atoms with van der Waals surface area (Å²) in [6.45, 7) is 1.37. The number of halogens is 1. The lowest BCUT2D eigenvalue weighted by molar-refractivity contribution is -0.0618. The monoisotopic (exact) mass is 483 g/mol. The van der Waals surface area contributed by atoms with Gasteiger partial charge in [-0.25, -0.2) is 23.5 Å². The van der Waals surface area contributed by atoms with E-state index in [9.17, 15) is 14.4 Å². The van der Waals surface area contributed by atoms with Crippen molar-refractivity contribution in [2.24, 2.45) is 0 Å². The van der Waals surface area contributed by atoms with Crippen molar-refractivity contribution in [2.75, 3.05) is 13.2 Å². The molecule has 3 aromatic rings. The summed E-state index contributed by atoms with van der Waals surface area (Å²) in [5, 5.41) is 7.44. The molecule has 1 aliphatic rings. The van der Waals surface area contributed by atoms with Gasteiger partial charge in [-0.15, -0.1) is 5.10 Å². The smallest absolute Gasteiger partial charge is 0.360 e. The summed E-state index contributed by atoms with van der Waals surface area (Å²) < 4.78 is 37.8. The van der Waals surface area contributed by atoms with Crippen LogP contribution in [-0.4, -0.2) is 64.5 Å². The molecule has 0 unspecified atom stereocenters. The van der Waals surface area contributed by atoms with E-state index in [1.54, 1.807) is 55.5 Å². The second kappa shape index (κ2) is 10.9. The molecular formula is C24H22FN3O7. The van der Waals surface area contributed by atoms with E-state index in [0.29, 0.717) is 5.56 Å². The normalized spacial score (nSPS) is 21.3. The Balaban J connectivity index is 1.52. The van der Waals surface area contributed by atoms with Crippen LogP contribution < -0.4 is 0 Å². The minimum atomic E-state index is -1.90. The van der Waals surface area contributed by atoms with E-state index in [-0.39, 0.29) is 17.9 Å². The second-order valence-corrected chi connectivity index (χ2v) is 7.51. The Kier molecular flexibility index (Phi) is 7.46. The fraction of sp³-hybridized carbons (Fsp3) is 0.292. The molecule has 0 bridgehead atoms. The first-order chi connectivity index (χ1) is 17.0. The molecule has 0 radical (unpaired) electrons. The van der Waals surface area contributed by atoms with Crippen molar-refractivity contribution in [1.82, 2.24) is 15.0 Å². The van der Waals surface area contributed by atoms with Gasteiger partial charge in [-0.2, -0.15) is 0 Å². The minimum absolute atomic E-state index is 0.129. The van der Waals surface area contributed by atoms with E-state index in [2.05, 4.69) is 10.3 Å². The number of hydrogen-bond acceptors (Lipinski definition) is 9. The fourth-order valence-corrected chi connectivity index (χ4v) is 3.46. The zero-order valence-corrected chi connectivity index (χ0v) is 18.7. The lowest BCUT2D eigenvalue weighted by Crippen LogP contribution is -2.37. The van der Waals surface area contributed by atoms with Crippen LogP contribution in [0.4, 0.5) is 4.39 Å². The zero-order chi connectivity index (χ0) is 24.8. The van der Waals surface area contributed by atoms with Crippen LogP contribution in [0.3, 0.4) is 0 Å². The van der Waals surface area contributed by atoms with Crippen molar-refractivity contribution in [1.29, 1.82) is 0 Å². The Morgan fingerprint density at radius 1 is 0.943 bits per heavy atom. The molecule has 1 saturated heterocycles. The topological polar surface area (TPSA) is 119 Å². The second-order valence-electron chi connectivity index (χ2n) is 7.51. The minimum Gasteiger partial charge on any atom is -0.461 e. The van der Waals surface area contributed by atoms with Gasteiger partial charge in [-0.3, -0.25) is 0 Å². The summed E-state index contributed by atoms with van der Waals surface area (Å²) in [7, 11) is 0. The molecule has 4 atom stereocenters. The molecule has 35 heavy (non-hydrogen) atoms. The van der Waals surface area contributed by atoms with Gasteiger partial charge in [0.15, 0.2) is 24.2 Å². The number of ether oxygens (including phenoxy) is 4. The van der Waals surface area contributed by atoms with Gasteiger partial charge in [0, 0.05) is 0 Å². The highest BCUT2D eigenvalue weighted by Gasteiger charge is 2.50. The molecule has 0 aliphatic carbocycles. The summed E-state index contributed by atoms with van der Waals surface area (Å²) in [6, 6.07) is 16.3. The van der Waals surface area contributed by atoms with Gasteiger partial charge in [0.25, 0.3) is 0 Å². The summed E-state index contributed by atoms with van der Waals surface area (Å²) in [6.07, 6.45) is -4.69. The standard InChI is InChI=1S/C24H22FN3O7/c1-2-32-24(31)17-13-28(27-26-17)21-19(25)20(35-23(30)16-11-7-4-8-12-16)18(34-21)14-33-22(29)15-9-5-3-6-10-15/h3-13,18-21H,2,14H2,1H3/t18-,19+,20-,21+/m0/s1. The van der Waals surface area contributed by atoms with Crippen molar-refractivity contribution in [3.8, 4) is 0 Å². The average molecular weight is 483 g/mol. The van der Waals surface area contributed by atoms with E-state index >= 15 is 4.39 Å². The summed E-state index contributed by atoms with van der Waals surface area (Å²) in [5.74, 6) is -2.15. The van der Waals surface area contributed by atoms with Gasteiger partial charge in [-0.1, -0.05) is 41.6 Å². The van der Waals surface area contributed by atoms with Gasteiger partial charge in [0.05, 0.1) is 23.9 Å². The number of aromatic nitrogens is 3. The number of carbonyl (C=O) groups is 3. The van der Waals surface area contributed by atoms with Gasteiger partial charge in [0.1, 0.15) is 12.7 Å². The van der Waals surface area contributed by atoms with Crippen molar-refractivity contribution >= 4 is 17.9 Å². The quantitative estimate of drug-likeness (QED) is 0.352. The molecule has 1 aromatic heterocycles. The van der Waals surface area contributed by atoms with Gasteiger partial charge >= 0.3 is 17.9 Å². The number of benzene rings is 2. The first kappa shape index (κ1) is 24.0. The van der Waals surface area contributed by atoms with Crippen LogP contribution in [0.5, 0.6) is 0 Å². The third-order valence-electron chi connectivity index (χ3n) is 5.16. The van der Waals surface area contributed by atoms with Crippen molar-refractivity contribution in [2.45, 2.75) is 31.5 Å². The number of esters is 3. The summed E-state index contributed by atoms with van der Waals surface area (Å²) in [5.41, 5.74) is 0.375. The molecule has 0 saturated carbocycles. The maximum Gasteiger partial charge on any atom is 0.360 e. The first-order valence-electron chi connectivity index (χ1n) is 10.8. The van der Waals surface area contributed by atoms with Gasteiger partial charge < -0.3 is 18.9 Å². The molecule has 1 aliphatic heterocycles. The van der Waals surface area contributed by atoms with Crippen LogP contribution in [0.2, 0.25) is 0 Å². The Hall–Kier alpha value is -4.12. The number of rotatable bonds is 8. The lowest BCUT2D eigenvalue weighted by atomic mass is 10.1. The van der Waals surface area contributed by atoms with Crippen molar-refractivity contribution < 1.29 is 37.7 Å². The first-order valence-corrected chi connectivity index (χ1v) is 10.8. The summed E-state index contributed by atoms with van der Waals surface area (Å²) in [4.78, 5) is 36.9. The number of nitrogens with zero attached hydrogens (tertiary/aromatic N) is 3. The fourth-order valence-electron chi connectivity index (χ4n) is 3.46. The Morgan fingerprint density at radius 2 is 1.57 bits per heavy atom. The molecular weight excluding hydrogens is 461 g/mol. The predicted molar refractivity (Wildman–Crippen MR) is 117 cm³/mol. The maximum absolute atomic E-state index is 15.5. The van der Waals surface area contributed by atoms with Crippen LogP contribution in [-0.2, 0) is 18.9 Å². The van der Waals surface area contributed by atoms with E-state index in [4.69, 9.17) is 18.9 Å². The molecule has 2 aromatic carbocycles. The lowest BCUT2D eigenvalue weighted by Gasteiger charge is -2.19. The van der Waals surface area contributed by atoms with Crippen LogP contribution in [0, 0.1) is 0 Å². The van der Waals surface area contributed by atoms with Crippen LogP contribution in [0.15, 0.2) is 66.9 Å². The average Bonchev–Trinajstić information content (AvgIpc) is 3.49. The van der Waals surface area contributed by atoms with E-state index < -0.39 is 49.1 Å². The molecule has 0 N–H and O–H groups in total. The highest BCUT2D eigenvalue weighted by atomic mass is 19.1. The van der Waals surface area contributed by atoms with Crippen LogP contribution in [0.1, 0.15) is 44.4 Å². The highest BCUT2D eigenvalue weighted by molar-refractivity contribution is 5.90. The molecule has 11 heteroatoms. The SMILES string of the molecule is CCOC(=O)c1cn([C@@H]2O[C@@H](COC(=O)c3ccccc3)[C@H](OC(=O)c3ccccc3)[C@H]2F)nn1. The molecule has 2 heterocycles. The Morgan fingerprint density at radius 3 is 2.20 bits per heavy atom. The number of alkyl halides is 1. The largest absolute Gasteiger partial charge is 0.461 e. The van der Waals surface area contributed by atoms with Gasteiger partial charge in [-0.05, 0) is 31.2 Å². The highest BCUT2D eigenvalue weighted by Crippen LogP contribution is 2.34. The predicted octanol–water partition coefficient (Wildman–Crippen LogP) is 2.77. The molecule has 182 valence electrons. The zero-order valence-electron chi connectivity index (χ0n) is 18.7. The number of hydrogen-bond donors (Lipinski definition) is 0. The third-order valence-corrected chi connectivity index (χ3v) is 5.16. The van der Waals surface area contributed by atoms with E-state index in [0.717, 1.165) is 4.68 Å². The molecule has 0 amide bonds. The van der Waals surface area contributed by atoms with Crippen LogP contribution >= 0.6 is 0 Å². The van der Waals surface area contributed by atoms with E-state index in [1.165, 1.54) is 18.3 Å². The van der Waals surface area contributed by atoms with E-state index in [1.807, 2.05) is 0 Å². The molecule has 0 spiro atoms. The maximum atomic E-state index is 15.5. The third kappa shape index (κ3) is 5.52. The Labute approximate surface area is 199 Å². The summed E-state index contributed by atoms with van der Waals surface area (Å²) >= 11 is 0. The molecule has 4 rings (SSSR count). The van der Waals surface area contributed by atoms with Crippen molar-refractivity contribution in [3.63, 3.8) is 0 Å². The molecule has 1 fully saturated rings. The van der Waals surface area contributed by atoms with Gasteiger partial charge in [0.2, 0.25) is 0 Å².